The number of hydrogen-bond donors (Lipinski definition) is 1. The summed E-state index contributed by atoms with van der Waals surface area (Å²) in [5.74, 6) is 0.685. The molecule has 0 aliphatic heterocycles. The van der Waals surface area contributed by atoms with Crippen LogP contribution in [0.2, 0.25) is 0 Å². The first-order valence-electron chi connectivity index (χ1n) is 6.03. The highest BCUT2D eigenvalue weighted by atomic mass is 32.2. The van der Waals surface area contributed by atoms with Gasteiger partial charge in [0.1, 0.15) is 10.9 Å². The van der Waals surface area contributed by atoms with Gasteiger partial charge in [-0.2, -0.15) is 13.2 Å². The van der Waals surface area contributed by atoms with Crippen LogP contribution in [0.5, 0.6) is 0 Å². The van der Waals surface area contributed by atoms with Crippen LogP contribution in [-0.2, 0) is 12.6 Å². The number of nitrogens with zero attached hydrogens (tertiary/aromatic N) is 4. The second-order valence-electron chi connectivity index (χ2n) is 4.18. The summed E-state index contributed by atoms with van der Waals surface area (Å²) < 4.78 is 37.2. The molecule has 3 rings (SSSR count). The van der Waals surface area contributed by atoms with Crippen molar-refractivity contribution >= 4 is 23.1 Å². The summed E-state index contributed by atoms with van der Waals surface area (Å²) in [6, 6.07) is 6.06. The zero-order chi connectivity index (χ0) is 15.6. The Morgan fingerprint density at radius 3 is 2.68 bits per heavy atom. The number of aromatic nitrogens is 5. The van der Waals surface area contributed by atoms with Gasteiger partial charge < -0.3 is 0 Å². The number of rotatable bonds is 4. The number of hydrogen-bond acceptors (Lipinski definition) is 6. The van der Waals surface area contributed by atoms with E-state index in [0.717, 1.165) is 22.7 Å². The van der Waals surface area contributed by atoms with E-state index in [4.69, 9.17) is 0 Å². The van der Waals surface area contributed by atoms with Crippen molar-refractivity contribution in [1.82, 2.24) is 25.4 Å². The molecule has 0 spiro atoms. The lowest BCUT2D eigenvalue weighted by Crippen LogP contribution is -2.08. The fourth-order valence-corrected chi connectivity index (χ4v) is 2.96. The first-order valence-corrected chi connectivity index (χ1v) is 7.73. The molecule has 0 atom stereocenters. The van der Waals surface area contributed by atoms with Gasteiger partial charge in [-0.05, 0) is 35.3 Å². The predicted octanol–water partition coefficient (Wildman–Crippen LogP) is 3.42. The van der Waals surface area contributed by atoms with Crippen LogP contribution in [0.25, 0.3) is 0 Å². The van der Waals surface area contributed by atoms with Crippen molar-refractivity contribution < 1.29 is 13.2 Å². The molecule has 0 fully saturated rings. The van der Waals surface area contributed by atoms with E-state index in [9.17, 15) is 13.2 Å². The van der Waals surface area contributed by atoms with Crippen molar-refractivity contribution in [2.45, 2.75) is 22.8 Å². The molecule has 10 heteroatoms. The van der Waals surface area contributed by atoms with Gasteiger partial charge in [0.25, 0.3) is 0 Å². The Balaban J connectivity index is 1.67. The van der Waals surface area contributed by atoms with Crippen LogP contribution in [0, 0.1) is 0 Å². The Bertz CT molecular complexity index is 737. The maximum atomic E-state index is 12.4. The largest absolute Gasteiger partial charge is 0.435 e. The molecule has 3 aromatic heterocycles. The van der Waals surface area contributed by atoms with E-state index in [1.54, 1.807) is 11.3 Å². The lowest BCUT2D eigenvalue weighted by Gasteiger charge is -2.03. The van der Waals surface area contributed by atoms with Gasteiger partial charge in [0, 0.05) is 11.3 Å². The Morgan fingerprint density at radius 2 is 2.05 bits per heavy atom. The lowest BCUT2D eigenvalue weighted by molar-refractivity contribution is -0.141. The summed E-state index contributed by atoms with van der Waals surface area (Å²) >= 11 is 2.66. The van der Waals surface area contributed by atoms with Crippen LogP contribution in [0.15, 0.2) is 39.8 Å². The normalized spacial score (nSPS) is 11.8. The van der Waals surface area contributed by atoms with Crippen molar-refractivity contribution in [1.29, 1.82) is 0 Å². The number of thiophene rings is 1. The molecule has 0 aromatic carbocycles. The molecule has 3 heterocycles. The van der Waals surface area contributed by atoms with Gasteiger partial charge in [-0.25, -0.2) is 4.98 Å². The number of nitrogens with one attached hydrogen (secondary N) is 1. The number of aromatic amines is 1. The monoisotopic (exact) mass is 343 g/mol. The summed E-state index contributed by atoms with van der Waals surface area (Å²) in [6.07, 6.45) is -3.86. The second-order valence-corrected chi connectivity index (χ2v) is 6.20. The van der Waals surface area contributed by atoms with Gasteiger partial charge in [-0.1, -0.05) is 6.07 Å². The third-order valence-electron chi connectivity index (χ3n) is 2.56. The van der Waals surface area contributed by atoms with Crippen LogP contribution >= 0.6 is 23.1 Å². The van der Waals surface area contributed by atoms with Crippen LogP contribution in [0.4, 0.5) is 13.2 Å². The molecule has 1 N–H and O–H groups in total. The minimum absolute atomic E-state index is 0.301. The van der Waals surface area contributed by atoms with Crippen molar-refractivity contribution in [2.75, 3.05) is 0 Å². The molecular formula is C12H8F3N5S2. The Kier molecular flexibility index (Phi) is 4.12. The highest BCUT2D eigenvalue weighted by Crippen LogP contribution is 2.29. The number of H-pyrrole nitrogens is 1. The van der Waals surface area contributed by atoms with E-state index in [1.807, 2.05) is 17.5 Å². The van der Waals surface area contributed by atoms with E-state index >= 15 is 0 Å². The van der Waals surface area contributed by atoms with Crippen molar-refractivity contribution in [3.63, 3.8) is 0 Å². The lowest BCUT2D eigenvalue weighted by atomic mass is 10.3. The summed E-state index contributed by atoms with van der Waals surface area (Å²) in [5, 5.41) is 16.1. The Morgan fingerprint density at radius 1 is 1.18 bits per heavy atom. The smallest absolute Gasteiger partial charge is 0.262 e. The fraction of sp³-hybridized carbons (Fsp3) is 0.167. The summed E-state index contributed by atoms with van der Waals surface area (Å²) in [4.78, 5) is 5.41. The van der Waals surface area contributed by atoms with Gasteiger partial charge in [-0.3, -0.25) is 5.10 Å². The molecule has 0 amide bonds. The third-order valence-corrected chi connectivity index (χ3v) is 4.23. The maximum Gasteiger partial charge on any atom is 0.435 e. The minimum Gasteiger partial charge on any atom is -0.262 e. The standard InChI is InChI=1S/C12H8F3N5S2/c13-12(14,15)8-3-4-10(19-17-8)22-11-16-9(18-20-11)6-7-2-1-5-21-7/h1-5H,6H2,(H,16,18,20). The number of alkyl halides is 3. The first kappa shape index (κ1) is 15.0. The van der Waals surface area contributed by atoms with Crippen LogP contribution in [-0.4, -0.2) is 25.4 Å². The van der Waals surface area contributed by atoms with E-state index < -0.39 is 11.9 Å². The highest BCUT2D eigenvalue weighted by molar-refractivity contribution is 7.99. The summed E-state index contributed by atoms with van der Waals surface area (Å²) in [5.41, 5.74) is -1.02. The maximum absolute atomic E-state index is 12.4. The molecule has 0 radical (unpaired) electrons. The zero-order valence-electron chi connectivity index (χ0n) is 10.8. The molecule has 114 valence electrons. The molecule has 0 bridgehead atoms. The first-order chi connectivity index (χ1) is 10.5. The SMILES string of the molecule is FC(F)(F)c1ccc(Sc2n[nH]c(Cc3cccs3)n2)nn1. The highest BCUT2D eigenvalue weighted by Gasteiger charge is 2.32. The van der Waals surface area contributed by atoms with Crippen LogP contribution < -0.4 is 0 Å². The molecule has 0 saturated heterocycles. The molecule has 22 heavy (non-hydrogen) atoms. The average Bonchev–Trinajstić information content (AvgIpc) is 3.11. The van der Waals surface area contributed by atoms with Gasteiger partial charge in [0.05, 0.1) is 0 Å². The topological polar surface area (TPSA) is 67.3 Å². The van der Waals surface area contributed by atoms with Crippen molar-refractivity contribution in [3.05, 3.63) is 46.0 Å². The molecule has 5 nitrogen and oxygen atoms in total. The van der Waals surface area contributed by atoms with Crippen LogP contribution in [0.3, 0.4) is 0 Å². The van der Waals surface area contributed by atoms with Gasteiger partial charge in [0.2, 0.25) is 5.16 Å². The third kappa shape index (κ3) is 3.63. The fourth-order valence-electron chi connectivity index (χ4n) is 1.60. The van der Waals surface area contributed by atoms with Crippen molar-refractivity contribution in [3.8, 4) is 0 Å². The molecule has 0 aliphatic rings. The Labute approximate surface area is 131 Å². The molecule has 0 saturated carbocycles. The second kappa shape index (κ2) is 6.05. The summed E-state index contributed by atoms with van der Waals surface area (Å²) in [7, 11) is 0. The zero-order valence-corrected chi connectivity index (χ0v) is 12.5. The molecule has 3 aromatic rings. The van der Waals surface area contributed by atoms with E-state index in [1.165, 1.54) is 6.07 Å². The molecule has 0 unspecified atom stereocenters. The average molecular weight is 343 g/mol. The Hall–Kier alpha value is -1.94. The van der Waals surface area contributed by atoms with E-state index in [0.29, 0.717) is 22.4 Å². The van der Waals surface area contributed by atoms with Gasteiger partial charge in [-0.15, -0.1) is 26.6 Å². The van der Waals surface area contributed by atoms with Crippen molar-refractivity contribution in [2.24, 2.45) is 0 Å². The number of halogens is 3. The predicted molar refractivity (Wildman–Crippen MR) is 74.7 cm³/mol. The quantitative estimate of drug-likeness (QED) is 0.786. The summed E-state index contributed by atoms with van der Waals surface area (Å²) in [6.45, 7) is 0. The van der Waals surface area contributed by atoms with Crippen LogP contribution in [0.1, 0.15) is 16.4 Å². The molecule has 0 aliphatic carbocycles. The van der Waals surface area contributed by atoms with E-state index in [-0.39, 0.29) is 0 Å². The van der Waals surface area contributed by atoms with Gasteiger partial charge in [0.15, 0.2) is 5.69 Å². The molecular weight excluding hydrogens is 335 g/mol. The van der Waals surface area contributed by atoms with E-state index in [2.05, 4.69) is 25.4 Å². The minimum atomic E-state index is -4.49. The van der Waals surface area contributed by atoms with Gasteiger partial charge >= 0.3 is 6.18 Å².